The molecule has 26 heavy (non-hydrogen) atoms. The van der Waals surface area contributed by atoms with Gasteiger partial charge in [0.2, 0.25) is 5.88 Å². The van der Waals surface area contributed by atoms with Crippen LogP contribution in [0.15, 0.2) is 18.3 Å². The minimum atomic E-state index is -4.28. The Kier molecular flexibility index (Phi) is 6.21. The molecule has 0 aliphatic heterocycles. The second-order valence-corrected chi connectivity index (χ2v) is 6.05. The number of ether oxygens (including phenoxy) is 1. The monoisotopic (exact) mass is 383 g/mol. The molecule has 1 heterocycles. The fourth-order valence-electron chi connectivity index (χ4n) is 2.63. The molecule has 146 valence electrons. The van der Waals surface area contributed by atoms with E-state index in [2.05, 4.69) is 20.4 Å². The van der Waals surface area contributed by atoms with Crippen LogP contribution in [0.4, 0.5) is 26.7 Å². The van der Waals surface area contributed by atoms with Gasteiger partial charge in [-0.15, -0.1) is 0 Å². The summed E-state index contributed by atoms with van der Waals surface area (Å²) >= 11 is 0. The molecule has 0 spiro atoms. The first-order valence-electron chi connectivity index (χ1n) is 7.79. The molecule has 1 fully saturated rings. The maximum absolute atomic E-state index is 12.4. The first-order valence-corrected chi connectivity index (χ1v) is 7.79. The van der Waals surface area contributed by atoms with Crippen molar-refractivity contribution in [2.45, 2.75) is 50.7 Å². The predicted octanol–water partition coefficient (Wildman–Crippen LogP) is 2.75. The summed E-state index contributed by atoms with van der Waals surface area (Å²) in [7, 11) is 0. The molecule has 6 nitrogen and oxygen atoms in total. The zero-order valence-corrected chi connectivity index (χ0v) is 13.6. The molecule has 0 radical (unpaired) electrons. The number of urea groups is 1. The summed E-state index contributed by atoms with van der Waals surface area (Å²) in [6, 6.07) is 0.143. The fraction of sp³-hybridized carbons (Fsp3) is 0.600. The van der Waals surface area contributed by atoms with Gasteiger partial charge in [-0.3, -0.25) is 0 Å². The zero-order chi connectivity index (χ0) is 19.5. The van der Waals surface area contributed by atoms with Gasteiger partial charge in [0.15, 0.2) is 0 Å². The average Bonchev–Trinajstić information content (AvgIpc) is 2.46. The van der Waals surface area contributed by atoms with Crippen molar-refractivity contribution < 1.29 is 36.6 Å². The van der Waals surface area contributed by atoms with E-state index in [1.165, 1.54) is 19.2 Å². The van der Waals surface area contributed by atoms with Gasteiger partial charge in [0.25, 0.3) is 0 Å². The summed E-state index contributed by atoms with van der Waals surface area (Å²) in [5, 5.41) is 14.6. The summed E-state index contributed by atoms with van der Waals surface area (Å²) in [6.07, 6.45) is -4.64. The van der Waals surface area contributed by atoms with Gasteiger partial charge in [-0.1, -0.05) is 0 Å². The van der Waals surface area contributed by atoms with Crippen molar-refractivity contribution in [1.82, 2.24) is 15.6 Å². The molecule has 1 unspecified atom stereocenters. The number of hydrogen-bond acceptors (Lipinski definition) is 4. The average molecular weight is 383 g/mol. The van der Waals surface area contributed by atoms with E-state index >= 15 is 0 Å². The number of amides is 2. The van der Waals surface area contributed by atoms with Crippen molar-refractivity contribution in [3.63, 3.8) is 0 Å². The Labute approximate surface area is 145 Å². The summed E-state index contributed by atoms with van der Waals surface area (Å²) in [4.78, 5) is 15.6. The Morgan fingerprint density at radius 3 is 2.58 bits per heavy atom. The van der Waals surface area contributed by atoms with Crippen LogP contribution >= 0.6 is 0 Å². The van der Waals surface area contributed by atoms with Crippen LogP contribution in [0.3, 0.4) is 0 Å². The van der Waals surface area contributed by atoms with Gasteiger partial charge >= 0.3 is 18.8 Å². The number of pyridine rings is 1. The molecule has 2 amide bonds. The van der Waals surface area contributed by atoms with Gasteiger partial charge in [0, 0.05) is 18.3 Å². The summed E-state index contributed by atoms with van der Waals surface area (Å²) in [5.41, 5.74) is 0.252. The van der Waals surface area contributed by atoms with E-state index in [1.54, 1.807) is 0 Å². The second kappa shape index (κ2) is 8.02. The number of aliphatic hydroxyl groups is 1. The third kappa shape index (κ3) is 5.41. The van der Waals surface area contributed by atoms with Crippen LogP contribution in [-0.2, 0) is 0 Å². The van der Waals surface area contributed by atoms with Crippen LogP contribution in [0.5, 0.6) is 5.88 Å². The maximum Gasteiger partial charge on any atom is 0.391 e. The molecule has 1 aromatic rings. The molecule has 3 N–H and O–H groups in total. The van der Waals surface area contributed by atoms with Crippen LogP contribution in [0, 0.1) is 5.92 Å². The van der Waals surface area contributed by atoms with E-state index in [0.717, 1.165) is 6.07 Å². The summed E-state index contributed by atoms with van der Waals surface area (Å²) in [6.45, 7) is -1.72. The highest BCUT2D eigenvalue weighted by Gasteiger charge is 2.48. The smallest absolute Gasteiger partial charge is 0.391 e. The highest BCUT2D eigenvalue weighted by atomic mass is 19.4. The minimum Gasteiger partial charge on any atom is -0.417 e. The number of carbonyl (C=O) groups is 1. The molecule has 2 atom stereocenters. The van der Waals surface area contributed by atoms with Gasteiger partial charge in [0.05, 0.1) is 18.1 Å². The van der Waals surface area contributed by atoms with E-state index in [4.69, 9.17) is 0 Å². The lowest BCUT2D eigenvalue weighted by molar-refractivity contribution is -0.198. The molecule has 1 aliphatic rings. The van der Waals surface area contributed by atoms with Crippen LogP contribution in [0.1, 0.15) is 31.4 Å². The number of aromatic nitrogens is 1. The summed E-state index contributed by atoms with van der Waals surface area (Å²) in [5.74, 6) is -1.83. The standard InChI is InChI=1S/C15H18F5N3O3/c1-7(24)12(8-2-3-21-11(4-8)26-13(16)17)23-14(25)22-10-5-9(6-10)15(18,19)20/h2-4,7,9-10,12-13,24H,5-6H2,1H3,(H2,22,23,25)/t7-,9?,10?,12?/m0/s1. The highest BCUT2D eigenvalue weighted by Crippen LogP contribution is 2.40. The Hall–Kier alpha value is -2.17. The number of nitrogens with one attached hydrogen (secondary N) is 2. The molecule has 1 aromatic heterocycles. The Morgan fingerprint density at radius 1 is 1.38 bits per heavy atom. The molecule has 11 heteroatoms. The molecule has 0 saturated heterocycles. The zero-order valence-electron chi connectivity index (χ0n) is 13.6. The number of carbonyl (C=O) groups excluding carboxylic acids is 1. The van der Waals surface area contributed by atoms with E-state index < -0.39 is 48.8 Å². The molecule has 1 saturated carbocycles. The van der Waals surface area contributed by atoms with Crippen molar-refractivity contribution >= 4 is 6.03 Å². The van der Waals surface area contributed by atoms with Crippen molar-refractivity contribution in [3.8, 4) is 5.88 Å². The van der Waals surface area contributed by atoms with Crippen molar-refractivity contribution in [2.75, 3.05) is 0 Å². The minimum absolute atomic E-state index is 0.210. The predicted molar refractivity (Wildman–Crippen MR) is 79.5 cm³/mol. The van der Waals surface area contributed by atoms with E-state index in [-0.39, 0.29) is 18.4 Å². The van der Waals surface area contributed by atoms with E-state index in [1.807, 2.05) is 0 Å². The summed E-state index contributed by atoms with van der Waals surface area (Å²) < 4.78 is 66.0. The van der Waals surface area contributed by atoms with Gasteiger partial charge in [-0.2, -0.15) is 22.0 Å². The molecule has 1 aliphatic carbocycles. The normalized spacial score (nSPS) is 22.3. The SMILES string of the molecule is C[C@H](O)C(NC(=O)NC1CC(C(F)(F)F)C1)c1ccnc(OC(F)F)c1. The van der Waals surface area contributed by atoms with Crippen LogP contribution in [-0.4, -0.2) is 41.1 Å². The van der Waals surface area contributed by atoms with Gasteiger partial charge in [0.1, 0.15) is 0 Å². The molecule has 0 bridgehead atoms. The van der Waals surface area contributed by atoms with Crippen LogP contribution in [0.2, 0.25) is 0 Å². The Morgan fingerprint density at radius 2 is 2.04 bits per heavy atom. The maximum atomic E-state index is 12.4. The topological polar surface area (TPSA) is 83.5 Å². The van der Waals surface area contributed by atoms with Crippen molar-refractivity contribution in [1.29, 1.82) is 0 Å². The third-order valence-corrected chi connectivity index (χ3v) is 4.03. The van der Waals surface area contributed by atoms with Crippen molar-refractivity contribution in [3.05, 3.63) is 23.9 Å². The number of rotatable bonds is 6. The number of hydrogen-bond donors (Lipinski definition) is 3. The number of nitrogens with zero attached hydrogens (tertiary/aromatic N) is 1. The lowest BCUT2D eigenvalue weighted by Crippen LogP contribution is -2.52. The number of halogens is 5. The first kappa shape index (κ1) is 20.1. The largest absolute Gasteiger partial charge is 0.417 e. The van der Waals surface area contributed by atoms with Crippen LogP contribution < -0.4 is 15.4 Å². The first-order chi connectivity index (χ1) is 12.1. The lowest BCUT2D eigenvalue weighted by Gasteiger charge is -2.37. The van der Waals surface area contributed by atoms with Crippen LogP contribution in [0.25, 0.3) is 0 Å². The molecular weight excluding hydrogens is 365 g/mol. The van der Waals surface area contributed by atoms with Gasteiger partial charge in [-0.25, -0.2) is 9.78 Å². The second-order valence-electron chi connectivity index (χ2n) is 6.05. The Bertz CT molecular complexity index is 621. The fourth-order valence-corrected chi connectivity index (χ4v) is 2.63. The number of alkyl halides is 5. The van der Waals surface area contributed by atoms with E-state index in [9.17, 15) is 31.9 Å². The van der Waals surface area contributed by atoms with E-state index in [0.29, 0.717) is 0 Å². The quantitative estimate of drug-likeness (QED) is 0.660. The molecule has 2 rings (SSSR count). The Balaban J connectivity index is 1.95. The highest BCUT2D eigenvalue weighted by molar-refractivity contribution is 5.75. The van der Waals surface area contributed by atoms with Crippen molar-refractivity contribution in [2.24, 2.45) is 5.92 Å². The van der Waals surface area contributed by atoms with Gasteiger partial charge < -0.3 is 20.5 Å². The lowest BCUT2D eigenvalue weighted by atomic mass is 9.80. The molecule has 0 aromatic carbocycles. The van der Waals surface area contributed by atoms with Gasteiger partial charge in [-0.05, 0) is 31.4 Å². The molecular formula is C15H18F5N3O3. The third-order valence-electron chi connectivity index (χ3n) is 4.03. The number of aliphatic hydroxyl groups excluding tert-OH is 1.